The van der Waals surface area contributed by atoms with Gasteiger partial charge in [0.1, 0.15) is 19.8 Å². The van der Waals surface area contributed by atoms with Crippen LogP contribution in [0.4, 0.5) is 0 Å². The molecule has 0 heterocycles. The molecular weight excluding hydrogens is 1040 g/mol. The zero-order chi connectivity index (χ0) is 59.8. The number of hydrogen-bond donors (Lipinski definition) is 1. The maximum atomic E-state index is 12.9. The number of quaternary nitrogens is 1. The van der Waals surface area contributed by atoms with Crippen LogP contribution in [0, 0.1) is 0 Å². The van der Waals surface area contributed by atoms with Gasteiger partial charge in [0.15, 0.2) is 6.10 Å². The van der Waals surface area contributed by atoms with Gasteiger partial charge < -0.3 is 18.9 Å². The molecule has 82 heavy (non-hydrogen) atoms. The third kappa shape index (κ3) is 66.6. The van der Waals surface area contributed by atoms with E-state index in [9.17, 15) is 19.0 Å². The van der Waals surface area contributed by atoms with Crippen LogP contribution in [0.3, 0.4) is 0 Å². The summed E-state index contributed by atoms with van der Waals surface area (Å²) >= 11 is 0. The molecule has 0 saturated carbocycles. The average molecular weight is 1170 g/mol. The summed E-state index contributed by atoms with van der Waals surface area (Å²) in [6.07, 6.45) is 84.3. The van der Waals surface area contributed by atoms with E-state index in [1.807, 2.05) is 21.1 Å². The first-order valence-corrected chi connectivity index (χ1v) is 36.2. The minimum atomic E-state index is -4.39. The van der Waals surface area contributed by atoms with Gasteiger partial charge in [-0.15, -0.1) is 0 Å². The number of allylic oxidation sites excluding steroid dienone is 12. The zero-order valence-electron chi connectivity index (χ0n) is 54.5. The topological polar surface area (TPSA) is 108 Å². The summed E-state index contributed by atoms with van der Waals surface area (Å²) in [6, 6.07) is 0. The van der Waals surface area contributed by atoms with Crippen LogP contribution in [0.1, 0.15) is 322 Å². The molecule has 0 aliphatic rings. The Bertz CT molecular complexity index is 1610. The van der Waals surface area contributed by atoms with Crippen molar-refractivity contribution in [1.82, 2.24) is 0 Å². The molecule has 2 unspecified atom stereocenters. The fourth-order valence-electron chi connectivity index (χ4n) is 9.96. The fraction of sp³-hybridized carbons (Fsp3) is 0.806. The SMILES string of the molecule is CC/C=C\C/C=C\C/C=C\C/C=C\C/C=C\C/C=C\CCCCCCCCCCCCCCCCCCCCC(=O)OC(COC(=O)CCCCCCCCCCCCCCCCCCCCCCC)COP(=O)(O)OCC[N+](C)(C)C. The quantitative estimate of drug-likeness (QED) is 0.0211. The largest absolute Gasteiger partial charge is 0.472 e. The molecule has 0 saturated heterocycles. The van der Waals surface area contributed by atoms with Gasteiger partial charge >= 0.3 is 19.8 Å². The molecule has 0 aliphatic heterocycles. The summed E-state index contributed by atoms with van der Waals surface area (Å²) in [4.78, 5) is 35.8. The number of phosphoric ester groups is 1. The van der Waals surface area contributed by atoms with Gasteiger partial charge in [-0.05, 0) is 64.2 Å². The van der Waals surface area contributed by atoms with Crippen molar-refractivity contribution in [3.05, 3.63) is 72.9 Å². The first kappa shape index (κ1) is 79.5. The smallest absolute Gasteiger partial charge is 0.462 e. The monoisotopic (exact) mass is 1170 g/mol. The van der Waals surface area contributed by atoms with E-state index in [2.05, 4.69) is 86.8 Å². The molecule has 9 nitrogen and oxygen atoms in total. The van der Waals surface area contributed by atoms with Gasteiger partial charge in [0.25, 0.3) is 0 Å². The van der Waals surface area contributed by atoms with Crippen LogP contribution >= 0.6 is 7.82 Å². The molecule has 0 aliphatic carbocycles. The van der Waals surface area contributed by atoms with Crippen LogP contribution in [-0.2, 0) is 32.7 Å². The van der Waals surface area contributed by atoms with Crippen molar-refractivity contribution in [3.63, 3.8) is 0 Å². The Hall–Kier alpha value is -2.55. The predicted molar refractivity (Wildman–Crippen MR) is 353 cm³/mol. The second-order valence-corrected chi connectivity index (χ2v) is 26.0. The summed E-state index contributed by atoms with van der Waals surface area (Å²) in [7, 11) is 1.49. The molecule has 478 valence electrons. The lowest BCUT2D eigenvalue weighted by Crippen LogP contribution is -2.37. The van der Waals surface area contributed by atoms with Crippen molar-refractivity contribution in [2.75, 3.05) is 47.5 Å². The second-order valence-electron chi connectivity index (χ2n) is 24.5. The van der Waals surface area contributed by atoms with Gasteiger partial charge in [0.05, 0.1) is 27.7 Å². The van der Waals surface area contributed by atoms with Crippen molar-refractivity contribution in [2.45, 2.75) is 328 Å². The maximum absolute atomic E-state index is 12.9. The number of carbonyl (C=O) groups excluding carboxylic acids is 2. The molecule has 0 rings (SSSR count). The molecule has 0 fully saturated rings. The van der Waals surface area contributed by atoms with Gasteiger partial charge in [0, 0.05) is 12.8 Å². The van der Waals surface area contributed by atoms with E-state index in [0.717, 1.165) is 70.6 Å². The lowest BCUT2D eigenvalue weighted by molar-refractivity contribution is -0.870. The third-order valence-corrected chi connectivity index (χ3v) is 16.2. The summed E-state index contributed by atoms with van der Waals surface area (Å²) in [5, 5.41) is 0. The summed E-state index contributed by atoms with van der Waals surface area (Å²) in [6.45, 7) is 4.37. The molecule has 1 N–H and O–H groups in total. The van der Waals surface area contributed by atoms with Crippen molar-refractivity contribution >= 4 is 19.8 Å². The van der Waals surface area contributed by atoms with Crippen molar-refractivity contribution < 1.29 is 42.1 Å². The average Bonchev–Trinajstić information content (AvgIpc) is 3.46. The molecule has 0 amide bonds. The van der Waals surface area contributed by atoms with Crippen molar-refractivity contribution in [2.24, 2.45) is 0 Å². The van der Waals surface area contributed by atoms with Gasteiger partial charge in [0.2, 0.25) is 0 Å². The van der Waals surface area contributed by atoms with Crippen LogP contribution in [0.2, 0.25) is 0 Å². The normalized spacial score (nSPS) is 13.6. The maximum Gasteiger partial charge on any atom is 0.472 e. The zero-order valence-corrected chi connectivity index (χ0v) is 55.4. The van der Waals surface area contributed by atoms with Crippen LogP contribution in [0.5, 0.6) is 0 Å². The first-order chi connectivity index (χ1) is 40.0. The van der Waals surface area contributed by atoms with E-state index in [-0.39, 0.29) is 25.6 Å². The Morgan fingerprint density at radius 1 is 0.390 bits per heavy atom. The van der Waals surface area contributed by atoms with Gasteiger partial charge in [-0.3, -0.25) is 18.6 Å². The standard InChI is InChI=1S/C72H132NO8P/c1-6-8-10-12-14-16-18-20-22-24-26-28-29-30-31-32-33-34-35-36-37-38-39-40-41-42-43-45-47-49-51-53-55-57-59-61-63-65-72(75)81-70(69-80-82(76,77)79-67-66-73(3,4)5)68-78-71(74)64-62-60-58-56-54-52-50-48-46-44-27-25-23-21-19-17-15-13-11-9-7-2/h8,10,14,16,20,22,26,28,30-31,33-34,70H,6-7,9,11-13,15,17-19,21,23-25,27,29,32,35-69H2,1-5H3/p+1/b10-8-,16-14-,22-20-,28-26-,31-30-,34-33-. The molecule has 0 aromatic heterocycles. The van der Waals surface area contributed by atoms with Gasteiger partial charge in [-0.1, -0.05) is 318 Å². The Kier molecular flexibility index (Phi) is 61.0. The number of unbranched alkanes of at least 4 members (excludes halogenated alkanes) is 38. The molecule has 0 bridgehead atoms. The number of ether oxygens (including phenoxy) is 2. The Morgan fingerprint density at radius 3 is 1.04 bits per heavy atom. The van der Waals surface area contributed by atoms with E-state index in [4.69, 9.17) is 18.5 Å². The molecule has 0 aromatic rings. The summed E-state index contributed by atoms with van der Waals surface area (Å²) in [5.41, 5.74) is 0. The lowest BCUT2D eigenvalue weighted by atomic mass is 10.0. The van der Waals surface area contributed by atoms with Crippen LogP contribution in [0.15, 0.2) is 72.9 Å². The molecule has 10 heteroatoms. The highest BCUT2D eigenvalue weighted by molar-refractivity contribution is 7.47. The van der Waals surface area contributed by atoms with E-state index in [1.165, 1.54) is 218 Å². The molecule has 0 radical (unpaired) electrons. The first-order valence-electron chi connectivity index (χ1n) is 34.7. The Labute approximate surface area is 508 Å². The lowest BCUT2D eigenvalue weighted by Gasteiger charge is -2.24. The number of esters is 2. The summed E-state index contributed by atoms with van der Waals surface area (Å²) in [5.74, 6) is -0.780. The van der Waals surface area contributed by atoms with E-state index < -0.39 is 26.5 Å². The minimum Gasteiger partial charge on any atom is -0.462 e. The van der Waals surface area contributed by atoms with E-state index >= 15 is 0 Å². The van der Waals surface area contributed by atoms with Crippen LogP contribution in [-0.4, -0.2) is 74.9 Å². The van der Waals surface area contributed by atoms with Crippen molar-refractivity contribution in [1.29, 1.82) is 0 Å². The predicted octanol–water partition coefficient (Wildman–Crippen LogP) is 22.4. The number of rotatable bonds is 64. The number of carbonyl (C=O) groups is 2. The van der Waals surface area contributed by atoms with E-state index in [0.29, 0.717) is 23.9 Å². The number of phosphoric acid groups is 1. The summed E-state index contributed by atoms with van der Waals surface area (Å²) < 4.78 is 34.7. The molecule has 0 aromatic carbocycles. The number of likely N-dealkylation sites (N-methyl/N-ethyl adjacent to an activating group) is 1. The molecule has 2 atom stereocenters. The van der Waals surface area contributed by atoms with Crippen LogP contribution in [0.25, 0.3) is 0 Å². The van der Waals surface area contributed by atoms with Gasteiger partial charge in [-0.2, -0.15) is 0 Å². The second kappa shape index (κ2) is 63.0. The highest BCUT2D eigenvalue weighted by Crippen LogP contribution is 2.43. The van der Waals surface area contributed by atoms with Gasteiger partial charge in [-0.25, -0.2) is 4.57 Å². The highest BCUT2D eigenvalue weighted by Gasteiger charge is 2.27. The molecular formula is C72H133NO8P+. The Morgan fingerprint density at radius 2 is 0.695 bits per heavy atom. The fourth-order valence-corrected chi connectivity index (χ4v) is 10.7. The Balaban J connectivity index is 3.99. The third-order valence-electron chi connectivity index (χ3n) is 15.3. The number of hydrogen-bond acceptors (Lipinski definition) is 7. The number of nitrogens with zero attached hydrogens (tertiary/aromatic N) is 1. The minimum absolute atomic E-state index is 0.0330. The van der Waals surface area contributed by atoms with Crippen molar-refractivity contribution in [3.8, 4) is 0 Å². The molecule has 0 spiro atoms. The highest BCUT2D eigenvalue weighted by atomic mass is 31.2. The van der Waals surface area contributed by atoms with E-state index in [1.54, 1.807) is 0 Å². The van der Waals surface area contributed by atoms with Crippen LogP contribution < -0.4 is 0 Å².